The van der Waals surface area contributed by atoms with Gasteiger partial charge in [0.15, 0.2) is 0 Å². The molecule has 2 aliphatic heterocycles. The Hall–Kier alpha value is -1.37. The molecule has 1 aromatic rings. The van der Waals surface area contributed by atoms with Crippen LogP contribution in [0.25, 0.3) is 0 Å². The van der Waals surface area contributed by atoms with Crippen molar-refractivity contribution in [2.75, 3.05) is 31.1 Å². The molecular weight excluding hydrogens is 293 g/mol. The molecule has 22 heavy (non-hydrogen) atoms. The van der Waals surface area contributed by atoms with Crippen LogP contribution >= 0.6 is 0 Å². The van der Waals surface area contributed by atoms with Crippen LogP contribution in [0.2, 0.25) is 0 Å². The lowest BCUT2D eigenvalue weighted by atomic mass is 9.83. The van der Waals surface area contributed by atoms with Gasteiger partial charge in [0, 0.05) is 37.9 Å². The molecular formula is C15H19F3N4. The minimum absolute atomic E-state index is 0.153. The topological polar surface area (TPSA) is 32.3 Å². The van der Waals surface area contributed by atoms with Crippen molar-refractivity contribution in [1.29, 1.82) is 0 Å². The number of hydrogen-bond acceptors (Lipinski definition) is 4. The zero-order valence-corrected chi connectivity index (χ0v) is 12.3. The summed E-state index contributed by atoms with van der Waals surface area (Å²) < 4.78 is 38.3. The molecule has 1 spiro atoms. The van der Waals surface area contributed by atoms with Crippen LogP contribution in [0.3, 0.4) is 0 Å². The standard InChI is InChI=1S/C15H19F3N4/c16-15(17,18)12-3-6-19-13(20-12)21-7-4-14(10-21)5-8-22(14)9-11-1-2-11/h3,6,11H,1-2,4-5,7-10H2/t14-/m0/s1. The lowest BCUT2D eigenvalue weighted by Crippen LogP contribution is -2.61. The molecule has 2 saturated heterocycles. The quantitative estimate of drug-likeness (QED) is 0.859. The molecule has 1 aliphatic carbocycles. The maximum Gasteiger partial charge on any atom is 0.433 e. The summed E-state index contributed by atoms with van der Waals surface area (Å²) in [7, 11) is 0. The van der Waals surface area contributed by atoms with Crippen LogP contribution in [0.5, 0.6) is 0 Å². The third kappa shape index (κ3) is 2.45. The van der Waals surface area contributed by atoms with Crippen molar-refractivity contribution >= 4 is 5.95 Å². The van der Waals surface area contributed by atoms with E-state index in [0.717, 1.165) is 51.0 Å². The number of nitrogens with zero attached hydrogens (tertiary/aromatic N) is 4. The highest BCUT2D eigenvalue weighted by Crippen LogP contribution is 2.43. The zero-order chi connectivity index (χ0) is 15.4. The van der Waals surface area contributed by atoms with E-state index in [4.69, 9.17) is 0 Å². The summed E-state index contributed by atoms with van der Waals surface area (Å²) in [5.74, 6) is 1.06. The van der Waals surface area contributed by atoms with Crippen molar-refractivity contribution in [3.05, 3.63) is 18.0 Å². The average molecular weight is 312 g/mol. The Morgan fingerprint density at radius 2 is 2.00 bits per heavy atom. The highest BCUT2D eigenvalue weighted by Gasteiger charge is 2.50. The molecule has 0 aromatic carbocycles. The second-order valence-corrected chi connectivity index (χ2v) is 6.77. The van der Waals surface area contributed by atoms with Crippen LogP contribution in [0.15, 0.2) is 12.3 Å². The van der Waals surface area contributed by atoms with E-state index >= 15 is 0 Å². The van der Waals surface area contributed by atoms with E-state index in [1.54, 1.807) is 0 Å². The molecule has 0 bridgehead atoms. The number of alkyl halides is 3. The van der Waals surface area contributed by atoms with Gasteiger partial charge in [-0.15, -0.1) is 0 Å². The van der Waals surface area contributed by atoms with Crippen LogP contribution in [-0.2, 0) is 6.18 Å². The van der Waals surface area contributed by atoms with E-state index in [1.165, 1.54) is 19.0 Å². The molecule has 0 radical (unpaired) electrons. The molecule has 0 amide bonds. The first-order valence-corrected chi connectivity index (χ1v) is 7.87. The van der Waals surface area contributed by atoms with Gasteiger partial charge in [-0.3, -0.25) is 4.90 Å². The van der Waals surface area contributed by atoms with Crippen molar-refractivity contribution < 1.29 is 13.2 Å². The maximum atomic E-state index is 12.8. The third-order valence-corrected chi connectivity index (χ3v) is 5.24. The predicted molar refractivity (Wildman–Crippen MR) is 75.5 cm³/mol. The van der Waals surface area contributed by atoms with Gasteiger partial charge in [-0.05, 0) is 37.7 Å². The van der Waals surface area contributed by atoms with Crippen LogP contribution in [-0.4, -0.2) is 46.6 Å². The number of hydrogen-bond donors (Lipinski definition) is 0. The monoisotopic (exact) mass is 312 g/mol. The summed E-state index contributed by atoms with van der Waals surface area (Å²) in [5, 5.41) is 0. The Balaban J connectivity index is 1.48. The highest BCUT2D eigenvalue weighted by molar-refractivity contribution is 5.36. The van der Waals surface area contributed by atoms with Gasteiger partial charge in [0.25, 0.3) is 0 Å². The van der Waals surface area contributed by atoms with Crippen LogP contribution < -0.4 is 4.90 Å². The van der Waals surface area contributed by atoms with Crippen molar-refractivity contribution in [2.24, 2.45) is 5.92 Å². The summed E-state index contributed by atoms with van der Waals surface area (Å²) in [6.07, 6.45) is 1.58. The fraction of sp³-hybridized carbons (Fsp3) is 0.733. The first-order chi connectivity index (χ1) is 10.5. The van der Waals surface area contributed by atoms with Crippen molar-refractivity contribution in [2.45, 2.75) is 37.4 Å². The molecule has 4 nitrogen and oxygen atoms in total. The normalized spacial score (nSPS) is 29.1. The summed E-state index contributed by atoms with van der Waals surface area (Å²) in [6.45, 7) is 3.76. The minimum Gasteiger partial charge on any atom is -0.339 e. The predicted octanol–water partition coefficient (Wildman–Crippen LogP) is 2.56. The number of aromatic nitrogens is 2. The Morgan fingerprint density at radius 3 is 2.64 bits per heavy atom. The Morgan fingerprint density at radius 1 is 1.23 bits per heavy atom. The Bertz CT molecular complexity index is 572. The third-order valence-electron chi connectivity index (χ3n) is 5.24. The number of anilines is 1. The molecule has 3 fully saturated rings. The molecule has 1 aromatic heterocycles. The second kappa shape index (κ2) is 4.81. The maximum absolute atomic E-state index is 12.8. The Labute approximate surface area is 127 Å². The van der Waals surface area contributed by atoms with Crippen LogP contribution in [0.4, 0.5) is 19.1 Å². The van der Waals surface area contributed by atoms with Gasteiger partial charge in [-0.1, -0.05) is 0 Å². The fourth-order valence-electron chi connectivity index (χ4n) is 3.63. The van der Waals surface area contributed by atoms with Gasteiger partial charge in [0.05, 0.1) is 0 Å². The summed E-state index contributed by atoms with van der Waals surface area (Å²) in [5.41, 5.74) is -0.706. The van der Waals surface area contributed by atoms with Crippen LogP contribution in [0, 0.1) is 5.92 Å². The molecule has 1 atom stereocenters. The number of halogens is 3. The average Bonchev–Trinajstić information content (AvgIpc) is 3.18. The van der Waals surface area contributed by atoms with Gasteiger partial charge in [0.2, 0.25) is 5.95 Å². The molecule has 4 rings (SSSR count). The largest absolute Gasteiger partial charge is 0.433 e. The Kier molecular flexibility index (Phi) is 3.11. The van der Waals surface area contributed by atoms with Gasteiger partial charge in [-0.2, -0.15) is 13.2 Å². The second-order valence-electron chi connectivity index (χ2n) is 6.77. The highest BCUT2D eigenvalue weighted by atomic mass is 19.4. The fourth-order valence-corrected chi connectivity index (χ4v) is 3.63. The van der Waals surface area contributed by atoms with Gasteiger partial charge in [0.1, 0.15) is 5.69 Å². The van der Waals surface area contributed by atoms with E-state index in [2.05, 4.69) is 14.9 Å². The van der Waals surface area contributed by atoms with Crippen molar-refractivity contribution in [1.82, 2.24) is 14.9 Å². The first-order valence-electron chi connectivity index (χ1n) is 7.87. The summed E-state index contributed by atoms with van der Waals surface area (Å²) in [6, 6.07) is 0.929. The summed E-state index contributed by atoms with van der Waals surface area (Å²) in [4.78, 5) is 12.2. The molecule has 120 valence electrons. The van der Waals surface area contributed by atoms with Gasteiger partial charge in [-0.25, -0.2) is 9.97 Å². The number of rotatable bonds is 3. The van der Waals surface area contributed by atoms with E-state index in [-0.39, 0.29) is 11.5 Å². The van der Waals surface area contributed by atoms with E-state index in [0.29, 0.717) is 0 Å². The molecule has 0 N–H and O–H groups in total. The molecule has 3 heterocycles. The van der Waals surface area contributed by atoms with Crippen molar-refractivity contribution in [3.63, 3.8) is 0 Å². The van der Waals surface area contributed by atoms with E-state index in [9.17, 15) is 13.2 Å². The zero-order valence-electron chi connectivity index (χ0n) is 12.3. The molecule has 0 unspecified atom stereocenters. The molecule has 7 heteroatoms. The first kappa shape index (κ1) is 14.2. The lowest BCUT2D eigenvalue weighted by Gasteiger charge is -2.51. The summed E-state index contributed by atoms with van der Waals surface area (Å²) >= 11 is 0. The SMILES string of the molecule is FC(F)(F)c1ccnc(N2CC[C@]3(CCN3CC3CC3)C2)n1. The van der Waals surface area contributed by atoms with Crippen LogP contribution in [0.1, 0.15) is 31.4 Å². The smallest absolute Gasteiger partial charge is 0.339 e. The van der Waals surface area contributed by atoms with Gasteiger partial charge >= 0.3 is 6.18 Å². The number of likely N-dealkylation sites (tertiary alicyclic amines) is 1. The van der Waals surface area contributed by atoms with E-state index in [1.807, 2.05) is 4.90 Å². The lowest BCUT2D eigenvalue weighted by molar-refractivity contribution is -0.141. The van der Waals surface area contributed by atoms with E-state index < -0.39 is 11.9 Å². The molecule has 3 aliphatic rings. The minimum atomic E-state index is -4.41. The van der Waals surface area contributed by atoms with Crippen molar-refractivity contribution in [3.8, 4) is 0 Å². The van der Waals surface area contributed by atoms with Gasteiger partial charge < -0.3 is 4.90 Å². The molecule has 1 saturated carbocycles.